The normalized spacial score (nSPS) is 11.4. The summed E-state index contributed by atoms with van der Waals surface area (Å²) in [6.07, 6.45) is 3.23. The highest BCUT2D eigenvalue weighted by atomic mass is 16.2. The van der Waals surface area contributed by atoms with Crippen molar-refractivity contribution in [2.75, 3.05) is 11.9 Å². The van der Waals surface area contributed by atoms with E-state index in [0.29, 0.717) is 17.8 Å². The summed E-state index contributed by atoms with van der Waals surface area (Å²) in [7, 11) is 0. The second-order valence-corrected chi connectivity index (χ2v) is 6.91. The first kappa shape index (κ1) is 21.0. The first-order chi connectivity index (χ1) is 14.5. The fourth-order valence-corrected chi connectivity index (χ4v) is 2.89. The molecule has 3 aromatic rings. The summed E-state index contributed by atoms with van der Waals surface area (Å²) in [4.78, 5) is 28.3. The molecule has 154 valence electrons. The Kier molecular flexibility index (Phi) is 7.13. The predicted octanol–water partition coefficient (Wildman–Crippen LogP) is 3.14. The van der Waals surface area contributed by atoms with E-state index in [1.807, 2.05) is 31.2 Å². The monoisotopic (exact) mass is 403 g/mol. The average molecular weight is 403 g/mol. The Labute approximate surface area is 175 Å². The number of nitrogens with zero attached hydrogens (tertiary/aromatic N) is 1. The van der Waals surface area contributed by atoms with E-state index in [2.05, 4.69) is 20.9 Å². The number of hydrogen-bond acceptors (Lipinski definition) is 4. The van der Waals surface area contributed by atoms with Crippen molar-refractivity contribution in [1.82, 2.24) is 15.6 Å². The lowest BCUT2D eigenvalue weighted by molar-refractivity contribution is 0.102. The van der Waals surface area contributed by atoms with Crippen molar-refractivity contribution in [3.05, 3.63) is 95.3 Å². The summed E-state index contributed by atoms with van der Waals surface area (Å²) in [5, 5.41) is 8.41. The lowest BCUT2D eigenvalue weighted by Gasteiger charge is -2.15. The molecule has 5 N–H and O–H groups in total. The molecule has 0 aliphatic rings. The maximum absolute atomic E-state index is 12.3. The fraction of sp³-hybridized carbons (Fsp3) is 0.174. The van der Waals surface area contributed by atoms with Crippen molar-refractivity contribution < 1.29 is 9.59 Å². The van der Waals surface area contributed by atoms with Crippen LogP contribution in [0.25, 0.3) is 0 Å². The molecule has 3 rings (SSSR count). The van der Waals surface area contributed by atoms with Crippen molar-refractivity contribution in [3.63, 3.8) is 0 Å². The van der Waals surface area contributed by atoms with Crippen molar-refractivity contribution in [3.8, 4) is 0 Å². The molecule has 0 radical (unpaired) electrons. The maximum Gasteiger partial charge on any atom is 0.315 e. The number of hydrogen-bond donors (Lipinski definition) is 4. The van der Waals surface area contributed by atoms with Crippen molar-refractivity contribution in [2.24, 2.45) is 5.73 Å². The van der Waals surface area contributed by atoms with Crippen LogP contribution in [0.4, 0.5) is 10.5 Å². The molecule has 0 fully saturated rings. The van der Waals surface area contributed by atoms with Gasteiger partial charge < -0.3 is 21.7 Å². The van der Waals surface area contributed by atoms with Crippen LogP contribution in [-0.4, -0.2) is 23.5 Å². The van der Waals surface area contributed by atoms with Gasteiger partial charge in [-0.2, -0.15) is 0 Å². The van der Waals surface area contributed by atoms with E-state index in [1.54, 1.807) is 48.8 Å². The van der Waals surface area contributed by atoms with Gasteiger partial charge in [-0.15, -0.1) is 0 Å². The van der Waals surface area contributed by atoms with Gasteiger partial charge in [0, 0.05) is 42.8 Å². The number of anilines is 1. The molecule has 1 aromatic heterocycles. The molecule has 1 unspecified atom stereocenters. The minimum absolute atomic E-state index is 0.213. The first-order valence-electron chi connectivity index (χ1n) is 9.66. The topological polar surface area (TPSA) is 109 Å². The number of aromatic nitrogens is 1. The second kappa shape index (κ2) is 10.2. The van der Waals surface area contributed by atoms with Crippen molar-refractivity contribution in [1.29, 1.82) is 0 Å². The summed E-state index contributed by atoms with van der Waals surface area (Å²) in [6, 6.07) is 17.7. The van der Waals surface area contributed by atoms with Gasteiger partial charge in [0.2, 0.25) is 0 Å². The number of carbonyl (C=O) groups is 2. The third-order valence-electron chi connectivity index (χ3n) is 4.72. The Morgan fingerprint density at radius 2 is 1.67 bits per heavy atom. The number of nitrogens with one attached hydrogen (secondary N) is 3. The Bertz CT molecular complexity index is 990. The number of aryl methyl sites for hydroxylation is 1. The fourth-order valence-electron chi connectivity index (χ4n) is 2.89. The molecule has 3 amide bonds. The third kappa shape index (κ3) is 5.89. The minimum atomic E-state index is -0.383. The van der Waals surface area contributed by atoms with Gasteiger partial charge >= 0.3 is 6.03 Å². The number of benzene rings is 2. The Morgan fingerprint density at radius 3 is 2.37 bits per heavy atom. The van der Waals surface area contributed by atoms with E-state index >= 15 is 0 Å². The zero-order chi connectivity index (χ0) is 21.3. The van der Waals surface area contributed by atoms with E-state index in [9.17, 15) is 9.59 Å². The molecule has 0 spiro atoms. The molecule has 2 aromatic carbocycles. The zero-order valence-corrected chi connectivity index (χ0v) is 16.8. The number of carbonyl (C=O) groups excluding carboxylic acids is 2. The van der Waals surface area contributed by atoms with Gasteiger partial charge in [0.1, 0.15) is 0 Å². The van der Waals surface area contributed by atoms with E-state index in [-0.39, 0.29) is 24.5 Å². The molecule has 7 nitrogen and oxygen atoms in total. The van der Waals surface area contributed by atoms with E-state index in [4.69, 9.17) is 5.73 Å². The Hall–Kier alpha value is -3.71. The molecular weight excluding hydrogens is 378 g/mol. The minimum Gasteiger partial charge on any atom is -0.336 e. The van der Waals surface area contributed by atoms with Gasteiger partial charge in [-0.25, -0.2) is 4.79 Å². The van der Waals surface area contributed by atoms with Crippen LogP contribution in [0.1, 0.15) is 33.1 Å². The highest BCUT2D eigenvalue weighted by Gasteiger charge is 2.11. The van der Waals surface area contributed by atoms with Crippen molar-refractivity contribution >= 4 is 17.6 Å². The molecule has 1 heterocycles. The van der Waals surface area contributed by atoms with Gasteiger partial charge in [-0.1, -0.05) is 36.4 Å². The Morgan fingerprint density at radius 1 is 0.967 bits per heavy atom. The van der Waals surface area contributed by atoms with Crippen LogP contribution in [-0.2, 0) is 6.54 Å². The summed E-state index contributed by atoms with van der Waals surface area (Å²) >= 11 is 0. The molecule has 0 aliphatic heterocycles. The number of pyridine rings is 1. The van der Waals surface area contributed by atoms with E-state index < -0.39 is 0 Å². The van der Waals surface area contributed by atoms with Crippen LogP contribution < -0.4 is 21.7 Å². The third-order valence-corrected chi connectivity index (χ3v) is 4.72. The molecule has 30 heavy (non-hydrogen) atoms. The Balaban J connectivity index is 1.47. The molecular formula is C23H25N5O2. The van der Waals surface area contributed by atoms with Crippen LogP contribution >= 0.6 is 0 Å². The van der Waals surface area contributed by atoms with Crippen LogP contribution in [0, 0.1) is 6.92 Å². The summed E-state index contributed by atoms with van der Waals surface area (Å²) in [5.74, 6) is -0.213. The smallest absolute Gasteiger partial charge is 0.315 e. The predicted molar refractivity (Wildman–Crippen MR) is 117 cm³/mol. The van der Waals surface area contributed by atoms with Gasteiger partial charge in [0.15, 0.2) is 0 Å². The van der Waals surface area contributed by atoms with Crippen molar-refractivity contribution in [2.45, 2.75) is 19.5 Å². The maximum atomic E-state index is 12.3. The highest BCUT2D eigenvalue weighted by Crippen LogP contribution is 2.13. The molecule has 0 saturated carbocycles. The average Bonchev–Trinajstić information content (AvgIpc) is 2.77. The quantitative estimate of drug-likeness (QED) is 0.486. The highest BCUT2D eigenvalue weighted by molar-refractivity contribution is 6.04. The zero-order valence-electron chi connectivity index (χ0n) is 16.8. The molecule has 0 saturated heterocycles. The first-order valence-corrected chi connectivity index (χ1v) is 9.66. The van der Waals surface area contributed by atoms with Crippen LogP contribution in [0.3, 0.4) is 0 Å². The summed E-state index contributed by atoms with van der Waals surface area (Å²) < 4.78 is 0. The molecule has 7 heteroatoms. The molecule has 1 atom stereocenters. The summed E-state index contributed by atoms with van der Waals surface area (Å²) in [5.41, 5.74) is 10.4. The number of urea groups is 1. The largest absolute Gasteiger partial charge is 0.336 e. The van der Waals surface area contributed by atoms with Gasteiger partial charge in [0.05, 0.1) is 0 Å². The van der Waals surface area contributed by atoms with Crippen LogP contribution in [0.5, 0.6) is 0 Å². The molecule has 0 bridgehead atoms. The lowest BCUT2D eigenvalue weighted by atomic mass is 10.1. The van der Waals surface area contributed by atoms with Crippen LogP contribution in [0.2, 0.25) is 0 Å². The van der Waals surface area contributed by atoms with Gasteiger partial charge in [-0.3, -0.25) is 9.78 Å². The second-order valence-electron chi connectivity index (χ2n) is 6.91. The number of nitrogens with two attached hydrogens (primary N) is 1. The number of rotatable bonds is 7. The SMILES string of the molecule is Cc1ccccc1CNC(=O)NCC(N)c1ccc(C(=O)Nc2ccncc2)cc1. The van der Waals surface area contributed by atoms with E-state index in [0.717, 1.165) is 16.7 Å². The number of amides is 3. The lowest BCUT2D eigenvalue weighted by Crippen LogP contribution is -2.39. The van der Waals surface area contributed by atoms with Crippen LogP contribution in [0.15, 0.2) is 73.1 Å². The van der Waals surface area contributed by atoms with E-state index in [1.165, 1.54) is 0 Å². The molecule has 0 aliphatic carbocycles. The standard InChI is InChI=1S/C23H25N5O2/c1-16-4-2-3-5-19(16)14-26-23(30)27-15-21(24)17-6-8-18(9-7-17)22(29)28-20-10-12-25-13-11-20/h2-13,21H,14-15,24H2,1H3,(H,25,28,29)(H2,26,27,30). The van der Waals surface area contributed by atoms with Gasteiger partial charge in [-0.05, 0) is 47.9 Å². The van der Waals surface area contributed by atoms with Gasteiger partial charge in [0.25, 0.3) is 5.91 Å². The summed E-state index contributed by atoms with van der Waals surface area (Å²) in [6.45, 7) is 2.74.